The summed E-state index contributed by atoms with van der Waals surface area (Å²) < 4.78 is 1.78. The number of alkyl halides is 1. The maximum atomic E-state index is 6.07. The third-order valence-corrected chi connectivity index (χ3v) is 2.10. The van der Waals surface area contributed by atoms with E-state index in [9.17, 15) is 0 Å². The molecular formula is C8H13ClN2. The van der Waals surface area contributed by atoms with Crippen LogP contribution in [0.1, 0.15) is 30.7 Å². The molecule has 62 valence electrons. The van der Waals surface area contributed by atoms with E-state index < -0.39 is 0 Å². The lowest BCUT2D eigenvalue weighted by atomic mass is 10.1. The van der Waals surface area contributed by atoms with E-state index in [4.69, 9.17) is 11.6 Å². The summed E-state index contributed by atoms with van der Waals surface area (Å²) in [4.78, 5) is 0. The van der Waals surface area contributed by atoms with E-state index in [-0.39, 0.29) is 5.38 Å². The average molecular weight is 173 g/mol. The molecule has 0 saturated heterocycles. The Balaban J connectivity index is 2.60. The van der Waals surface area contributed by atoms with Gasteiger partial charge in [-0.15, -0.1) is 11.6 Å². The van der Waals surface area contributed by atoms with Crippen LogP contribution >= 0.6 is 11.6 Å². The van der Waals surface area contributed by atoms with Gasteiger partial charge >= 0.3 is 0 Å². The molecule has 1 atom stereocenters. The second-order valence-electron chi connectivity index (χ2n) is 2.70. The first-order valence-electron chi connectivity index (χ1n) is 3.86. The van der Waals surface area contributed by atoms with Crippen LogP contribution in [0.25, 0.3) is 0 Å². The van der Waals surface area contributed by atoms with Crippen LogP contribution < -0.4 is 0 Å². The quantitative estimate of drug-likeness (QED) is 0.641. The molecule has 0 radical (unpaired) electrons. The summed E-state index contributed by atoms with van der Waals surface area (Å²) >= 11 is 6.07. The van der Waals surface area contributed by atoms with Crippen LogP contribution in [-0.2, 0) is 7.05 Å². The molecule has 2 nitrogen and oxygen atoms in total. The van der Waals surface area contributed by atoms with E-state index in [0.29, 0.717) is 0 Å². The minimum atomic E-state index is 0.133. The molecule has 1 heterocycles. The Bertz CT molecular complexity index is 220. The zero-order valence-corrected chi connectivity index (χ0v) is 7.67. The summed E-state index contributed by atoms with van der Waals surface area (Å²) in [5, 5.41) is 4.19. The van der Waals surface area contributed by atoms with Gasteiger partial charge in [0.15, 0.2) is 0 Å². The van der Waals surface area contributed by atoms with Gasteiger partial charge in [0.05, 0.1) is 11.6 Å². The van der Waals surface area contributed by atoms with Gasteiger partial charge in [0.2, 0.25) is 0 Å². The first kappa shape index (κ1) is 8.60. The minimum Gasteiger partial charge on any atom is -0.275 e. The number of hydrogen-bond donors (Lipinski definition) is 0. The van der Waals surface area contributed by atoms with Gasteiger partial charge in [0.1, 0.15) is 0 Å². The molecule has 0 N–H and O–H groups in total. The lowest BCUT2D eigenvalue weighted by molar-refractivity contribution is 0.756. The standard InChI is InChI=1S/C8H13ClN2/c1-3-4-8(9)7-5-10-11(2)6-7/h5-6,8H,3-4H2,1-2H3. The van der Waals surface area contributed by atoms with Gasteiger partial charge in [0, 0.05) is 18.8 Å². The highest BCUT2D eigenvalue weighted by molar-refractivity contribution is 6.20. The lowest BCUT2D eigenvalue weighted by Crippen LogP contribution is -1.87. The van der Waals surface area contributed by atoms with E-state index in [2.05, 4.69) is 12.0 Å². The van der Waals surface area contributed by atoms with Crippen LogP contribution in [0.2, 0.25) is 0 Å². The number of aromatic nitrogens is 2. The van der Waals surface area contributed by atoms with Gasteiger partial charge < -0.3 is 0 Å². The summed E-state index contributed by atoms with van der Waals surface area (Å²) in [6.45, 7) is 2.13. The highest BCUT2D eigenvalue weighted by Gasteiger charge is 2.07. The fraction of sp³-hybridized carbons (Fsp3) is 0.625. The Labute approximate surface area is 72.2 Å². The highest BCUT2D eigenvalue weighted by atomic mass is 35.5. The molecule has 1 rings (SSSR count). The molecule has 1 unspecified atom stereocenters. The number of halogens is 1. The normalized spacial score (nSPS) is 13.4. The molecule has 0 fully saturated rings. The third kappa shape index (κ3) is 2.22. The number of hydrogen-bond acceptors (Lipinski definition) is 1. The molecule has 11 heavy (non-hydrogen) atoms. The van der Waals surface area contributed by atoms with Crippen molar-refractivity contribution in [3.05, 3.63) is 18.0 Å². The van der Waals surface area contributed by atoms with Gasteiger partial charge in [-0.25, -0.2) is 0 Å². The van der Waals surface area contributed by atoms with E-state index in [1.54, 1.807) is 4.68 Å². The van der Waals surface area contributed by atoms with Crippen LogP contribution in [-0.4, -0.2) is 9.78 Å². The molecule has 0 aliphatic carbocycles. The maximum Gasteiger partial charge on any atom is 0.0616 e. The summed E-state index contributed by atoms with van der Waals surface area (Å²) in [6.07, 6.45) is 5.93. The highest BCUT2D eigenvalue weighted by Crippen LogP contribution is 2.24. The lowest BCUT2D eigenvalue weighted by Gasteiger charge is -2.02. The van der Waals surface area contributed by atoms with Crippen molar-refractivity contribution in [1.29, 1.82) is 0 Å². The summed E-state index contributed by atoms with van der Waals surface area (Å²) in [6, 6.07) is 0. The van der Waals surface area contributed by atoms with Crippen LogP contribution in [0, 0.1) is 0 Å². The van der Waals surface area contributed by atoms with Crippen molar-refractivity contribution in [3.63, 3.8) is 0 Å². The second kappa shape index (κ2) is 3.77. The fourth-order valence-electron chi connectivity index (χ4n) is 1.02. The first-order chi connectivity index (χ1) is 5.24. The van der Waals surface area contributed by atoms with Crippen molar-refractivity contribution >= 4 is 11.6 Å². The van der Waals surface area contributed by atoms with Crippen LogP contribution in [0.4, 0.5) is 0 Å². The third-order valence-electron chi connectivity index (χ3n) is 1.63. The van der Waals surface area contributed by atoms with Crippen molar-refractivity contribution in [2.24, 2.45) is 7.05 Å². The van der Waals surface area contributed by atoms with Crippen molar-refractivity contribution in [2.75, 3.05) is 0 Å². The predicted molar refractivity (Wildman–Crippen MR) is 46.7 cm³/mol. The molecule has 0 amide bonds. The average Bonchev–Trinajstić information content (AvgIpc) is 2.36. The minimum absolute atomic E-state index is 0.133. The number of nitrogens with zero attached hydrogens (tertiary/aromatic N) is 2. The molecule has 1 aromatic rings. The van der Waals surface area contributed by atoms with E-state index >= 15 is 0 Å². The van der Waals surface area contributed by atoms with Crippen LogP contribution in [0.5, 0.6) is 0 Å². The molecule has 0 spiro atoms. The van der Waals surface area contributed by atoms with Crippen LogP contribution in [0.3, 0.4) is 0 Å². The molecule has 1 aromatic heterocycles. The van der Waals surface area contributed by atoms with Crippen molar-refractivity contribution in [1.82, 2.24) is 9.78 Å². The largest absolute Gasteiger partial charge is 0.275 e. The van der Waals surface area contributed by atoms with Crippen molar-refractivity contribution < 1.29 is 0 Å². The second-order valence-corrected chi connectivity index (χ2v) is 3.23. The smallest absolute Gasteiger partial charge is 0.0616 e. The zero-order valence-electron chi connectivity index (χ0n) is 6.92. The topological polar surface area (TPSA) is 17.8 Å². The zero-order chi connectivity index (χ0) is 8.27. The Morgan fingerprint density at radius 1 is 1.73 bits per heavy atom. The monoisotopic (exact) mass is 172 g/mol. The van der Waals surface area contributed by atoms with Gasteiger partial charge in [-0.3, -0.25) is 4.68 Å². The molecule has 0 saturated carbocycles. The Morgan fingerprint density at radius 2 is 2.45 bits per heavy atom. The summed E-state index contributed by atoms with van der Waals surface area (Å²) in [5.41, 5.74) is 1.12. The van der Waals surface area contributed by atoms with Gasteiger partial charge in [-0.1, -0.05) is 13.3 Å². The van der Waals surface area contributed by atoms with Gasteiger partial charge in [0.25, 0.3) is 0 Å². The molecule has 0 aliphatic rings. The molecule has 0 aliphatic heterocycles. The van der Waals surface area contributed by atoms with E-state index in [0.717, 1.165) is 18.4 Å². The molecule has 3 heteroatoms. The molecule has 0 bridgehead atoms. The molecular weight excluding hydrogens is 160 g/mol. The molecule has 0 aromatic carbocycles. The fourth-order valence-corrected chi connectivity index (χ4v) is 1.35. The SMILES string of the molecule is CCCC(Cl)c1cnn(C)c1. The van der Waals surface area contributed by atoms with E-state index in [1.807, 2.05) is 19.4 Å². The Kier molecular flexibility index (Phi) is 2.94. The van der Waals surface area contributed by atoms with Crippen LogP contribution in [0.15, 0.2) is 12.4 Å². The summed E-state index contributed by atoms with van der Waals surface area (Å²) in [7, 11) is 1.90. The number of aryl methyl sites for hydroxylation is 1. The first-order valence-corrected chi connectivity index (χ1v) is 4.30. The van der Waals surface area contributed by atoms with E-state index in [1.165, 1.54) is 0 Å². The Morgan fingerprint density at radius 3 is 2.91 bits per heavy atom. The van der Waals surface area contributed by atoms with Crippen molar-refractivity contribution in [3.8, 4) is 0 Å². The van der Waals surface area contributed by atoms with Crippen molar-refractivity contribution in [2.45, 2.75) is 25.1 Å². The predicted octanol–water partition coefficient (Wildman–Crippen LogP) is 2.50. The number of rotatable bonds is 3. The maximum absolute atomic E-state index is 6.07. The van der Waals surface area contributed by atoms with Gasteiger partial charge in [-0.2, -0.15) is 5.10 Å². The Hall–Kier alpha value is -0.500. The van der Waals surface area contributed by atoms with Gasteiger partial charge in [-0.05, 0) is 6.42 Å². The summed E-state index contributed by atoms with van der Waals surface area (Å²) in [5.74, 6) is 0.